The number of unbranched alkanes of at least 4 members (excludes halogenated alkanes) is 3. The van der Waals surface area contributed by atoms with E-state index in [0.717, 1.165) is 19.1 Å². The lowest BCUT2D eigenvalue weighted by Gasteiger charge is -2.06. The molecule has 2 heteroatoms. The van der Waals surface area contributed by atoms with Crippen molar-refractivity contribution in [2.45, 2.75) is 39.0 Å². The highest BCUT2D eigenvalue weighted by Crippen LogP contribution is 2.15. The topological polar surface area (TPSA) is 26.3 Å². The van der Waals surface area contributed by atoms with E-state index < -0.39 is 0 Å². The third kappa shape index (κ3) is 5.67. The third-order valence-electron chi connectivity index (χ3n) is 2.73. The molecule has 0 amide bonds. The van der Waals surface area contributed by atoms with Gasteiger partial charge in [-0.3, -0.25) is 4.79 Å². The van der Waals surface area contributed by atoms with Gasteiger partial charge in [0.15, 0.2) is 6.29 Å². The number of hydrogen-bond donors (Lipinski definition) is 0. The Morgan fingerprint density at radius 2 is 1.89 bits per heavy atom. The van der Waals surface area contributed by atoms with Gasteiger partial charge in [-0.2, -0.15) is 0 Å². The number of rotatable bonds is 9. The molecular weight excluding hydrogens is 224 g/mol. The SMILES string of the molecule is CCCCCC=CCCOc1ccccc1C=O. The van der Waals surface area contributed by atoms with E-state index >= 15 is 0 Å². The summed E-state index contributed by atoms with van der Waals surface area (Å²) in [6.07, 6.45) is 11.1. The first kappa shape index (κ1) is 14.5. The third-order valence-corrected chi connectivity index (χ3v) is 2.73. The first-order chi connectivity index (χ1) is 8.88. The number of hydrogen-bond acceptors (Lipinski definition) is 2. The van der Waals surface area contributed by atoms with Crippen molar-refractivity contribution in [3.63, 3.8) is 0 Å². The molecule has 0 heterocycles. The van der Waals surface area contributed by atoms with Gasteiger partial charge in [0.2, 0.25) is 0 Å². The molecule has 0 aliphatic rings. The molecule has 0 aliphatic carbocycles. The van der Waals surface area contributed by atoms with Gasteiger partial charge in [0.05, 0.1) is 12.2 Å². The fourth-order valence-corrected chi connectivity index (χ4v) is 1.69. The minimum Gasteiger partial charge on any atom is -0.493 e. The molecule has 0 N–H and O–H groups in total. The summed E-state index contributed by atoms with van der Waals surface area (Å²) < 4.78 is 5.57. The molecule has 0 radical (unpaired) electrons. The monoisotopic (exact) mass is 246 g/mol. The average Bonchev–Trinajstić information content (AvgIpc) is 2.42. The number of ether oxygens (including phenoxy) is 1. The zero-order chi connectivity index (χ0) is 13.1. The van der Waals surface area contributed by atoms with Gasteiger partial charge in [-0.15, -0.1) is 0 Å². The van der Waals surface area contributed by atoms with E-state index in [0.29, 0.717) is 17.9 Å². The second-order valence-electron chi connectivity index (χ2n) is 4.26. The summed E-state index contributed by atoms with van der Waals surface area (Å²) in [4.78, 5) is 10.8. The Bertz CT molecular complexity index is 369. The molecule has 18 heavy (non-hydrogen) atoms. The van der Waals surface area contributed by atoms with Crippen LogP contribution in [0.4, 0.5) is 0 Å². The van der Waals surface area contributed by atoms with Crippen molar-refractivity contribution >= 4 is 6.29 Å². The Labute approximate surface area is 110 Å². The Hall–Kier alpha value is -1.57. The maximum atomic E-state index is 10.8. The minimum absolute atomic E-state index is 0.615. The molecule has 0 aromatic heterocycles. The first-order valence-corrected chi connectivity index (χ1v) is 6.70. The standard InChI is InChI=1S/C16H22O2/c1-2-3-4-5-6-7-10-13-18-16-12-9-8-11-15(16)14-17/h6-9,11-12,14H,2-5,10,13H2,1H3. The number of carbonyl (C=O) groups excluding carboxylic acids is 1. The van der Waals surface area contributed by atoms with Crippen LogP contribution in [0.3, 0.4) is 0 Å². The molecule has 0 spiro atoms. The van der Waals surface area contributed by atoms with Gasteiger partial charge in [-0.1, -0.05) is 44.1 Å². The van der Waals surface area contributed by atoms with Gasteiger partial charge in [-0.25, -0.2) is 0 Å². The van der Waals surface area contributed by atoms with Crippen molar-refractivity contribution in [1.29, 1.82) is 0 Å². The van der Waals surface area contributed by atoms with Gasteiger partial charge in [0.25, 0.3) is 0 Å². The fourth-order valence-electron chi connectivity index (χ4n) is 1.69. The second kappa shape index (κ2) is 9.46. The zero-order valence-corrected chi connectivity index (χ0v) is 11.1. The van der Waals surface area contributed by atoms with Crippen molar-refractivity contribution < 1.29 is 9.53 Å². The average molecular weight is 246 g/mol. The summed E-state index contributed by atoms with van der Waals surface area (Å²) in [5.74, 6) is 0.673. The Morgan fingerprint density at radius 1 is 1.11 bits per heavy atom. The fraction of sp³-hybridized carbons (Fsp3) is 0.438. The van der Waals surface area contributed by atoms with Crippen LogP contribution in [0, 0.1) is 0 Å². The summed E-state index contributed by atoms with van der Waals surface area (Å²) in [5, 5.41) is 0. The molecule has 0 fully saturated rings. The molecule has 0 atom stereocenters. The summed E-state index contributed by atoms with van der Waals surface area (Å²) in [5.41, 5.74) is 0.615. The molecule has 0 aliphatic heterocycles. The van der Waals surface area contributed by atoms with E-state index in [-0.39, 0.29) is 0 Å². The Morgan fingerprint density at radius 3 is 2.67 bits per heavy atom. The van der Waals surface area contributed by atoms with Crippen LogP contribution in [-0.4, -0.2) is 12.9 Å². The van der Waals surface area contributed by atoms with Crippen LogP contribution in [0.2, 0.25) is 0 Å². The normalized spacial score (nSPS) is 10.7. The molecular formula is C16H22O2. The second-order valence-corrected chi connectivity index (χ2v) is 4.26. The summed E-state index contributed by atoms with van der Waals surface area (Å²) in [6.45, 7) is 2.83. The number of carbonyl (C=O) groups is 1. The summed E-state index contributed by atoms with van der Waals surface area (Å²) in [7, 11) is 0. The van der Waals surface area contributed by atoms with Gasteiger partial charge >= 0.3 is 0 Å². The summed E-state index contributed by atoms with van der Waals surface area (Å²) >= 11 is 0. The maximum Gasteiger partial charge on any atom is 0.153 e. The lowest BCUT2D eigenvalue weighted by molar-refractivity contribution is 0.111. The van der Waals surface area contributed by atoms with Crippen LogP contribution in [0.5, 0.6) is 5.75 Å². The maximum absolute atomic E-state index is 10.8. The van der Waals surface area contributed by atoms with Crippen molar-refractivity contribution in [3.8, 4) is 5.75 Å². The van der Waals surface area contributed by atoms with Crippen molar-refractivity contribution in [3.05, 3.63) is 42.0 Å². The van der Waals surface area contributed by atoms with E-state index in [1.165, 1.54) is 19.3 Å². The molecule has 0 saturated carbocycles. The predicted octanol–water partition coefficient (Wildman–Crippen LogP) is 4.40. The van der Waals surface area contributed by atoms with E-state index in [1.54, 1.807) is 6.07 Å². The van der Waals surface area contributed by atoms with Crippen LogP contribution < -0.4 is 4.74 Å². The van der Waals surface area contributed by atoms with Gasteiger partial charge < -0.3 is 4.74 Å². The van der Waals surface area contributed by atoms with Gasteiger partial charge in [-0.05, 0) is 31.4 Å². The molecule has 0 bridgehead atoms. The smallest absolute Gasteiger partial charge is 0.153 e. The highest BCUT2D eigenvalue weighted by molar-refractivity contribution is 5.79. The van der Waals surface area contributed by atoms with Crippen molar-refractivity contribution in [2.24, 2.45) is 0 Å². The van der Waals surface area contributed by atoms with E-state index in [1.807, 2.05) is 18.2 Å². The minimum atomic E-state index is 0.615. The molecule has 98 valence electrons. The van der Waals surface area contributed by atoms with Gasteiger partial charge in [0.1, 0.15) is 5.75 Å². The van der Waals surface area contributed by atoms with Crippen LogP contribution in [0.25, 0.3) is 0 Å². The van der Waals surface area contributed by atoms with Crippen LogP contribution in [0.1, 0.15) is 49.4 Å². The quantitative estimate of drug-likeness (QED) is 0.366. The highest BCUT2D eigenvalue weighted by Gasteiger charge is 1.99. The lowest BCUT2D eigenvalue weighted by Crippen LogP contribution is -1.98. The number of benzene rings is 1. The van der Waals surface area contributed by atoms with Crippen molar-refractivity contribution in [1.82, 2.24) is 0 Å². The first-order valence-electron chi connectivity index (χ1n) is 6.70. The van der Waals surface area contributed by atoms with Crippen LogP contribution in [0.15, 0.2) is 36.4 Å². The number of aldehydes is 1. The highest BCUT2D eigenvalue weighted by atomic mass is 16.5. The zero-order valence-electron chi connectivity index (χ0n) is 11.1. The Kier molecular flexibility index (Phi) is 7.61. The molecule has 2 nitrogen and oxygen atoms in total. The largest absolute Gasteiger partial charge is 0.493 e. The van der Waals surface area contributed by atoms with Gasteiger partial charge in [0, 0.05) is 0 Å². The van der Waals surface area contributed by atoms with Crippen LogP contribution in [-0.2, 0) is 0 Å². The van der Waals surface area contributed by atoms with E-state index in [9.17, 15) is 4.79 Å². The van der Waals surface area contributed by atoms with E-state index in [2.05, 4.69) is 19.1 Å². The predicted molar refractivity (Wildman–Crippen MR) is 75.2 cm³/mol. The number of allylic oxidation sites excluding steroid dienone is 1. The molecule has 1 aromatic rings. The molecule has 1 rings (SSSR count). The summed E-state index contributed by atoms with van der Waals surface area (Å²) in [6, 6.07) is 7.31. The Balaban J connectivity index is 2.19. The van der Waals surface area contributed by atoms with E-state index in [4.69, 9.17) is 4.74 Å². The molecule has 0 saturated heterocycles. The number of para-hydroxylation sites is 1. The molecule has 0 unspecified atom stereocenters. The lowest BCUT2D eigenvalue weighted by atomic mass is 10.2. The van der Waals surface area contributed by atoms with Crippen LogP contribution >= 0.6 is 0 Å². The van der Waals surface area contributed by atoms with Crippen molar-refractivity contribution in [2.75, 3.05) is 6.61 Å². The molecule has 1 aromatic carbocycles.